The molecule has 2 aromatic carbocycles. The summed E-state index contributed by atoms with van der Waals surface area (Å²) >= 11 is 5.82. The first-order valence-electron chi connectivity index (χ1n) is 11.5. The molecule has 0 spiro atoms. The first kappa shape index (κ1) is 23.9. The van der Waals surface area contributed by atoms with Gasteiger partial charge in [-0.3, -0.25) is 14.4 Å². The van der Waals surface area contributed by atoms with E-state index in [0.29, 0.717) is 28.6 Å². The van der Waals surface area contributed by atoms with Gasteiger partial charge in [-0.1, -0.05) is 23.7 Å². The number of carbonyl (C=O) groups is 3. The molecule has 1 aromatic heterocycles. The Morgan fingerprint density at radius 2 is 2.03 bits per heavy atom. The lowest BCUT2D eigenvalue weighted by atomic mass is 10.1. The van der Waals surface area contributed by atoms with Crippen molar-refractivity contribution < 1.29 is 23.6 Å². The number of nitrogens with one attached hydrogen (secondary N) is 1. The van der Waals surface area contributed by atoms with E-state index in [1.54, 1.807) is 46.0 Å². The predicted octanol–water partition coefficient (Wildman–Crippen LogP) is 3.91. The van der Waals surface area contributed by atoms with Gasteiger partial charge in [0, 0.05) is 40.8 Å². The maximum atomic E-state index is 14.2. The lowest BCUT2D eigenvalue weighted by Crippen LogP contribution is -2.48. The van der Waals surface area contributed by atoms with Gasteiger partial charge in [-0.2, -0.15) is 4.99 Å². The Labute approximate surface area is 210 Å². The van der Waals surface area contributed by atoms with Crippen molar-refractivity contribution in [3.05, 3.63) is 64.6 Å². The topological polar surface area (TPSA) is 101 Å². The minimum atomic E-state index is -0.647. The van der Waals surface area contributed by atoms with E-state index in [2.05, 4.69) is 10.3 Å². The predicted molar refractivity (Wildman–Crippen MR) is 130 cm³/mol. The van der Waals surface area contributed by atoms with E-state index in [1.165, 1.54) is 19.1 Å². The van der Waals surface area contributed by atoms with Crippen molar-refractivity contribution in [3.63, 3.8) is 0 Å². The Morgan fingerprint density at radius 1 is 1.22 bits per heavy atom. The van der Waals surface area contributed by atoms with Gasteiger partial charge >= 0.3 is 0 Å². The van der Waals surface area contributed by atoms with Crippen LogP contribution in [0.3, 0.4) is 0 Å². The third kappa shape index (κ3) is 4.32. The van der Waals surface area contributed by atoms with Gasteiger partial charge in [0.05, 0.1) is 10.7 Å². The van der Waals surface area contributed by atoms with Crippen LogP contribution < -0.4 is 5.32 Å². The normalized spacial score (nSPS) is 20.1. The number of carbonyl (C=O) groups excluding carboxylic acids is 4. The number of piperidine rings is 1. The monoisotopic (exact) mass is 508 g/mol. The van der Waals surface area contributed by atoms with E-state index in [4.69, 9.17) is 11.6 Å². The minimum Gasteiger partial charge on any atom is -0.350 e. The number of rotatable bonds is 7. The van der Waals surface area contributed by atoms with Crippen LogP contribution in [0.4, 0.5) is 10.1 Å². The molecule has 8 nitrogen and oxygen atoms in total. The summed E-state index contributed by atoms with van der Waals surface area (Å²) in [4.78, 5) is 54.5. The highest BCUT2D eigenvalue weighted by atomic mass is 35.5. The minimum absolute atomic E-state index is 0.00112. The van der Waals surface area contributed by atoms with Crippen molar-refractivity contribution in [2.75, 3.05) is 0 Å². The third-order valence-electron chi connectivity index (χ3n) is 6.90. The Hall–Kier alpha value is -3.81. The average Bonchev–Trinajstić information content (AvgIpc) is 3.36. The number of aliphatic imine (C=N–C) groups is 1. The smallest absolute Gasteiger partial charge is 0.243 e. The molecule has 0 radical (unpaired) electrons. The van der Waals surface area contributed by atoms with Crippen molar-refractivity contribution in [2.45, 2.75) is 44.9 Å². The Kier molecular flexibility index (Phi) is 6.20. The molecule has 2 heterocycles. The zero-order valence-corrected chi connectivity index (χ0v) is 20.1. The largest absolute Gasteiger partial charge is 0.350 e. The van der Waals surface area contributed by atoms with E-state index in [0.717, 1.165) is 6.42 Å². The van der Waals surface area contributed by atoms with E-state index >= 15 is 0 Å². The molecule has 1 aliphatic heterocycles. The van der Waals surface area contributed by atoms with Crippen molar-refractivity contribution in [1.82, 2.24) is 14.8 Å². The molecule has 1 saturated carbocycles. The Morgan fingerprint density at radius 3 is 2.78 bits per heavy atom. The van der Waals surface area contributed by atoms with Crippen LogP contribution in [0, 0.1) is 11.7 Å². The van der Waals surface area contributed by atoms with Gasteiger partial charge in [-0.25, -0.2) is 9.18 Å². The lowest BCUT2D eigenvalue weighted by Gasteiger charge is -2.27. The van der Waals surface area contributed by atoms with E-state index in [1.807, 2.05) is 0 Å². The molecule has 3 atom stereocenters. The van der Waals surface area contributed by atoms with Gasteiger partial charge in [0.2, 0.25) is 17.9 Å². The second kappa shape index (κ2) is 9.33. The molecule has 184 valence electrons. The molecule has 1 unspecified atom stereocenters. The number of benzene rings is 2. The first-order chi connectivity index (χ1) is 17.3. The number of isocyanates is 1. The highest BCUT2D eigenvalue weighted by Gasteiger charge is 2.55. The van der Waals surface area contributed by atoms with Crippen LogP contribution in [0.5, 0.6) is 0 Å². The summed E-state index contributed by atoms with van der Waals surface area (Å²) in [5.41, 5.74) is 1.68. The zero-order valence-electron chi connectivity index (χ0n) is 19.3. The van der Waals surface area contributed by atoms with Crippen molar-refractivity contribution in [3.8, 4) is 0 Å². The molecule has 5 rings (SSSR count). The van der Waals surface area contributed by atoms with Gasteiger partial charge < -0.3 is 14.8 Å². The fourth-order valence-corrected chi connectivity index (χ4v) is 5.27. The van der Waals surface area contributed by atoms with E-state index in [-0.39, 0.29) is 53.2 Å². The quantitative estimate of drug-likeness (QED) is 0.297. The fraction of sp³-hybridized carbons (Fsp3) is 0.308. The standard InChI is InChI=1S/C26H22ClFN4O4/c1-14(34)19-11-31(21-6-5-17(30-13-33)9-18(19)21)12-24(35)32-22-7-16(22)8-23(32)26(36)29-10-15-3-2-4-20(27)25(15)28/h2-6,9,11,16,22-23H,7-8,10,12H2,1H3,(H,29,36)/t16-,22?,23+/m1/s1. The lowest BCUT2D eigenvalue weighted by molar-refractivity contribution is -0.140. The highest BCUT2D eigenvalue weighted by Crippen LogP contribution is 2.48. The molecular formula is C26H22ClFN4O4. The van der Waals surface area contributed by atoms with Gasteiger partial charge in [-0.05, 0) is 49.9 Å². The molecule has 2 amide bonds. The second-order valence-electron chi connectivity index (χ2n) is 9.18. The van der Waals surface area contributed by atoms with Crippen LogP contribution in [0.1, 0.15) is 35.7 Å². The summed E-state index contributed by atoms with van der Waals surface area (Å²) < 4.78 is 15.9. The molecule has 1 aliphatic carbocycles. The summed E-state index contributed by atoms with van der Waals surface area (Å²) in [5.74, 6) is -1.08. The van der Waals surface area contributed by atoms with Crippen molar-refractivity contribution in [1.29, 1.82) is 0 Å². The molecule has 10 heteroatoms. The van der Waals surface area contributed by atoms with Crippen LogP contribution in [-0.4, -0.2) is 45.2 Å². The van der Waals surface area contributed by atoms with Crippen LogP contribution in [0.2, 0.25) is 5.02 Å². The van der Waals surface area contributed by atoms with Gasteiger partial charge in [0.1, 0.15) is 18.4 Å². The number of hydrogen-bond acceptors (Lipinski definition) is 5. The summed E-state index contributed by atoms with van der Waals surface area (Å²) in [6, 6.07) is 8.85. The zero-order chi connectivity index (χ0) is 25.6. The van der Waals surface area contributed by atoms with Crippen LogP contribution in [0.25, 0.3) is 10.9 Å². The number of halogens is 2. The number of nitrogens with zero attached hydrogens (tertiary/aromatic N) is 3. The van der Waals surface area contributed by atoms with Crippen molar-refractivity contribution in [2.24, 2.45) is 10.9 Å². The summed E-state index contributed by atoms with van der Waals surface area (Å²) in [6.07, 6.45) is 4.49. The molecular weight excluding hydrogens is 487 g/mol. The van der Waals surface area contributed by atoms with Crippen LogP contribution >= 0.6 is 11.6 Å². The number of ketones is 1. The molecule has 1 saturated heterocycles. The highest BCUT2D eigenvalue weighted by molar-refractivity contribution is 6.30. The van der Waals surface area contributed by atoms with Gasteiger partial charge in [0.25, 0.3) is 0 Å². The number of amides is 2. The number of aromatic nitrogens is 1. The maximum Gasteiger partial charge on any atom is 0.243 e. The third-order valence-corrected chi connectivity index (χ3v) is 7.20. The van der Waals surface area contributed by atoms with E-state index in [9.17, 15) is 23.6 Å². The molecule has 2 aliphatic rings. The number of Topliss-reactive ketones (excluding diaryl/α,β-unsaturated/α-hetero) is 1. The average molecular weight is 509 g/mol. The van der Waals surface area contributed by atoms with Gasteiger partial charge in [0.15, 0.2) is 5.78 Å². The SMILES string of the molecule is CC(=O)c1cn(CC(=O)N2C3C[C@@H]3C[C@H]2C(=O)NCc2cccc(Cl)c2F)c2ccc(N=C=O)cc12. The summed E-state index contributed by atoms with van der Waals surface area (Å²) in [5, 5.41) is 3.30. The molecule has 36 heavy (non-hydrogen) atoms. The van der Waals surface area contributed by atoms with Crippen LogP contribution in [0.15, 0.2) is 47.6 Å². The fourth-order valence-electron chi connectivity index (χ4n) is 5.08. The number of fused-ring (bicyclic) bond motifs is 2. The first-order valence-corrected chi connectivity index (χ1v) is 11.9. The number of likely N-dealkylation sites (tertiary alicyclic amines) is 1. The van der Waals surface area contributed by atoms with E-state index < -0.39 is 11.9 Å². The van der Waals surface area contributed by atoms with Crippen LogP contribution in [-0.2, 0) is 27.5 Å². The maximum absolute atomic E-state index is 14.2. The number of hydrogen-bond donors (Lipinski definition) is 1. The molecule has 3 aromatic rings. The van der Waals surface area contributed by atoms with Gasteiger partial charge in [-0.15, -0.1) is 0 Å². The summed E-state index contributed by atoms with van der Waals surface area (Å²) in [6.45, 7) is 1.33. The molecule has 2 fully saturated rings. The molecule has 0 bridgehead atoms. The summed E-state index contributed by atoms with van der Waals surface area (Å²) in [7, 11) is 0. The molecule has 1 N–H and O–H groups in total. The van der Waals surface area contributed by atoms with Crippen molar-refractivity contribution >= 4 is 51.9 Å². The second-order valence-corrected chi connectivity index (χ2v) is 9.58. The Balaban J connectivity index is 1.35. The Bertz CT molecular complexity index is 1460.